The molecule has 1 aromatic heterocycles. The Morgan fingerprint density at radius 1 is 1.14 bits per heavy atom. The number of benzene rings is 2. The highest BCUT2D eigenvalue weighted by Crippen LogP contribution is 2.24. The molecule has 1 amide bonds. The van der Waals surface area contributed by atoms with Crippen molar-refractivity contribution < 1.29 is 22.3 Å². The van der Waals surface area contributed by atoms with Crippen molar-refractivity contribution in [3.63, 3.8) is 0 Å². The topological polar surface area (TPSA) is 98.2 Å². The number of aromatic nitrogens is 2. The Kier molecular flexibility index (Phi) is 6.55. The largest absolute Gasteiger partial charge is 0.478 e. The summed E-state index contributed by atoms with van der Waals surface area (Å²) in [5, 5.41) is 9.93. The van der Waals surface area contributed by atoms with Gasteiger partial charge in [-0.15, -0.1) is 10.2 Å². The number of ether oxygens (including phenoxy) is 1. The van der Waals surface area contributed by atoms with E-state index in [0.717, 1.165) is 11.3 Å². The van der Waals surface area contributed by atoms with Gasteiger partial charge in [-0.05, 0) is 24.1 Å². The molecule has 0 spiro atoms. The summed E-state index contributed by atoms with van der Waals surface area (Å²) in [6.45, 7) is 1.71. The van der Waals surface area contributed by atoms with Crippen LogP contribution in [0.25, 0.3) is 0 Å². The average molecular weight is 436 g/mol. The highest BCUT2D eigenvalue weighted by atomic mass is 32.2. The zero-order valence-electron chi connectivity index (χ0n) is 15.4. The average Bonchev–Trinajstić information content (AvgIpc) is 3.17. The molecular weight excluding hydrogens is 417 g/mol. The summed E-state index contributed by atoms with van der Waals surface area (Å²) < 4.78 is 44.0. The van der Waals surface area contributed by atoms with Gasteiger partial charge in [-0.1, -0.05) is 60.7 Å². The van der Waals surface area contributed by atoms with Crippen molar-refractivity contribution in [2.75, 3.05) is 5.32 Å². The van der Waals surface area contributed by atoms with Crippen molar-refractivity contribution in [1.82, 2.24) is 10.2 Å². The minimum Gasteiger partial charge on any atom is -0.478 e. The Balaban J connectivity index is 1.68. The van der Waals surface area contributed by atoms with Gasteiger partial charge in [0.1, 0.15) is 0 Å². The summed E-state index contributed by atoms with van der Waals surface area (Å²) in [6.07, 6.45) is -0.696. The second-order valence-corrected chi connectivity index (χ2v) is 9.19. The quantitative estimate of drug-likeness (QED) is 0.544. The highest BCUT2D eigenvalue weighted by molar-refractivity contribution is 7.92. The molecule has 1 heterocycles. The number of sulfone groups is 1. The Hall–Kier alpha value is -2.85. The molecule has 29 heavy (non-hydrogen) atoms. The predicted molar refractivity (Wildman–Crippen MR) is 107 cm³/mol. The number of rotatable bonds is 8. The molecular formula is C19H18FN3O4S2. The van der Waals surface area contributed by atoms with Crippen molar-refractivity contribution in [3.8, 4) is 5.75 Å². The van der Waals surface area contributed by atoms with E-state index < -0.39 is 27.7 Å². The number of halogens is 1. The molecule has 0 radical (unpaired) electrons. The molecule has 10 heteroatoms. The van der Waals surface area contributed by atoms with Gasteiger partial charge in [0.2, 0.25) is 19.3 Å². The lowest BCUT2D eigenvalue weighted by atomic mass is 10.2. The van der Waals surface area contributed by atoms with Crippen molar-refractivity contribution in [3.05, 3.63) is 66.0 Å². The summed E-state index contributed by atoms with van der Waals surface area (Å²) in [6, 6.07) is 14.5. The van der Waals surface area contributed by atoms with Gasteiger partial charge in [0.05, 0.1) is 5.75 Å². The smallest absolute Gasteiger partial charge is 0.267 e. The van der Waals surface area contributed by atoms with Gasteiger partial charge >= 0.3 is 0 Å². The summed E-state index contributed by atoms with van der Waals surface area (Å²) in [5.74, 6) is -1.41. The normalized spacial score (nSPS) is 12.3. The lowest BCUT2D eigenvalue weighted by Gasteiger charge is -2.16. The molecule has 0 saturated heterocycles. The fraction of sp³-hybridized carbons (Fsp3) is 0.211. The number of anilines is 1. The first-order chi connectivity index (χ1) is 13.9. The van der Waals surface area contributed by atoms with Gasteiger partial charge in [0.15, 0.2) is 17.7 Å². The Morgan fingerprint density at radius 3 is 2.52 bits per heavy atom. The van der Waals surface area contributed by atoms with Gasteiger partial charge in [-0.2, -0.15) is 0 Å². The Bertz CT molecular complexity index is 1090. The van der Waals surface area contributed by atoms with Gasteiger partial charge < -0.3 is 4.74 Å². The third-order valence-corrected chi connectivity index (χ3v) is 6.84. The predicted octanol–water partition coefficient (Wildman–Crippen LogP) is 3.45. The molecule has 7 nitrogen and oxygen atoms in total. The van der Waals surface area contributed by atoms with Crippen LogP contribution in [-0.2, 0) is 20.4 Å². The molecule has 0 fully saturated rings. The van der Waals surface area contributed by atoms with Crippen LogP contribution in [0.3, 0.4) is 0 Å². The standard InChI is InChI=1S/C19H18FN3O4S2/c1-2-15(27-16-11-7-6-10-14(16)20)17(24)21-18-22-23-19(28-18)29(25,26)12-13-8-4-3-5-9-13/h3-11,15H,2,12H2,1H3,(H,21,22,24)/t15-/m1/s1. The van der Waals surface area contributed by atoms with Crippen LogP contribution < -0.4 is 10.1 Å². The molecule has 2 aromatic carbocycles. The number of nitrogens with zero attached hydrogens (tertiary/aromatic N) is 2. The number of amides is 1. The fourth-order valence-electron chi connectivity index (χ4n) is 2.44. The van der Waals surface area contributed by atoms with Crippen molar-refractivity contribution >= 4 is 32.2 Å². The first-order valence-corrected chi connectivity index (χ1v) is 11.2. The van der Waals surface area contributed by atoms with E-state index in [1.54, 1.807) is 43.3 Å². The molecule has 0 aliphatic rings. The van der Waals surface area contributed by atoms with Crippen LogP contribution in [0.15, 0.2) is 58.9 Å². The lowest BCUT2D eigenvalue weighted by molar-refractivity contribution is -0.122. The van der Waals surface area contributed by atoms with Gasteiger partial charge in [0.25, 0.3) is 5.91 Å². The molecule has 152 valence electrons. The number of carbonyl (C=O) groups is 1. The first kappa shape index (κ1) is 20.9. The number of hydrogen-bond acceptors (Lipinski definition) is 7. The third-order valence-electron chi connectivity index (χ3n) is 3.87. The Morgan fingerprint density at radius 2 is 1.83 bits per heavy atom. The van der Waals surface area contributed by atoms with E-state index in [4.69, 9.17) is 4.74 Å². The monoisotopic (exact) mass is 435 g/mol. The van der Waals surface area contributed by atoms with Crippen LogP contribution in [0.5, 0.6) is 5.75 Å². The zero-order chi connectivity index (χ0) is 20.9. The minimum atomic E-state index is -3.70. The number of nitrogens with one attached hydrogen (secondary N) is 1. The van der Waals surface area contributed by atoms with E-state index in [-0.39, 0.29) is 27.4 Å². The van der Waals surface area contributed by atoms with Gasteiger partial charge in [-0.25, -0.2) is 12.8 Å². The molecule has 0 unspecified atom stereocenters. The SMILES string of the molecule is CC[C@@H](Oc1ccccc1F)C(=O)Nc1nnc(S(=O)(=O)Cc2ccccc2)s1. The zero-order valence-corrected chi connectivity index (χ0v) is 17.0. The molecule has 3 rings (SSSR count). The second-order valence-electron chi connectivity index (χ2n) is 6.05. The fourth-order valence-corrected chi connectivity index (χ4v) is 4.76. The van der Waals surface area contributed by atoms with Crippen LogP contribution in [0, 0.1) is 5.82 Å². The molecule has 1 N–H and O–H groups in total. The molecule has 0 aliphatic carbocycles. The van der Waals surface area contributed by atoms with Crippen molar-refractivity contribution in [2.45, 2.75) is 29.5 Å². The maximum atomic E-state index is 13.7. The number of hydrogen-bond donors (Lipinski definition) is 1. The lowest BCUT2D eigenvalue weighted by Crippen LogP contribution is -2.32. The molecule has 0 bridgehead atoms. The summed E-state index contributed by atoms with van der Waals surface area (Å²) in [5.41, 5.74) is 0.623. The van der Waals surface area contributed by atoms with Crippen LogP contribution in [0.2, 0.25) is 0 Å². The van der Waals surface area contributed by atoms with Crippen LogP contribution in [0.4, 0.5) is 9.52 Å². The van der Waals surface area contributed by atoms with Crippen LogP contribution in [-0.4, -0.2) is 30.6 Å². The molecule has 0 saturated carbocycles. The molecule has 3 aromatic rings. The molecule has 1 atom stereocenters. The van der Waals surface area contributed by atoms with Crippen molar-refractivity contribution in [2.24, 2.45) is 0 Å². The van der Waals surface area contributed by atoms with E-state index in [2.05, 4.69) is 15.5 Å². The van der Waals surface area contributed by atoms with E-state index in [1.165, 1.54) is 18.2 Å². The maximum Gasteiger partial charge on any atom is 0.267 e. The van der Waals surface area contributed by atoms with Gasteiger partial charge in [0, 0.05) is 0 Å². The minimum absolute atomic E-state index is 0.0252. The number of carbonyl (C=O) groups excluding carboxylic acids is 1. The Labute approximate surface area is 171 Å². The van der Waals surface area contributed by atoms with E-state index >= 15 is 0 Å². The summed E-state index contributed by atoms with van der Waals surface area (Å²) >= 11 is 0.753. The second kappa shape index (κ2) is 9.10. The summed E-state index contributed by atoms with van der Waals surface area (Å²) in [4.78, 5) is 12.4. The first-order valence-electron chi connectivity index (χ1n) is 8.71. The van der Waals surface area contributed by atoms with Crippen LogP contribution >= 0.6 is 11.3 Å². The maximum absolute atomic E-state index is 13.7. The van der Waals surface area contributed by atoms with E-state index in [1.807, 2.05) is 0 Å². The third kappa shape index (κ3) is 5.36. The van der Waals surface area contributed by atoms with E-state index in [0.29, 0.717) is 5.56 Å². The summed E-state index contributed by atoms with van der Waals surface area (Å²) in [7, 11) is -3.70. The van der Waals surface area contributed by atoms with Gasteiger partial charge in [-0.3, -0.25) is 10.1 Å². The number of para-hydroxylation sites is 1. The van der Waals surface area contributed by atoms with Crippen LogP contribution in [0.1, 0.15) is 18.9 Å². The highest BCUT2D eigenvalue weighted by Gasteiger charge is 2.24. The van der Waals surface area contributed by atoms with Crippen molar-refractivity contribution in [1.29, 1.82) is 0 Å². The molecule has 0 aliphatic heterocycles. The van der Waals surface area contributed by atoms with E-state index in [9.17, 15) is 17.6 Å².